The van der Waals surface area contributed by atoms with Crippen LogP contribution in [0.15, 0.2) is 11.2 Å². The minimum Gasteiger partial charge on any atom is -0.370 e. The van der Waals surface area contributed by atoms with Gasteiger partial charge in [0.1, 0.15) is 11.6 Å². The van der Waals surface area contributed by atoms with Crippen molar-refractivity contribution in [2.45, 2.75) is 37.8 Å². The van der Waals surface area contributed by atoms with E-state index in [0.717, 1.165) is 36.4 Å². The van der Waals surface area contributed by atoms with Crippen LogP contribution in [0.5, 0.6) is 0 Å². The van der Waals surface area contributed by atoms with Crippen molar-refractivity contribution >= 4 is 23.4 Å². The van der Waals surface area contributed by atoms with Crippen molar-refractivity contribution in [3.63, 3.8) is 0 Å². The maximum atomic E-state index is 4.64. The van der Waals surface area contributed by atoms with Crippen molar-refractivity contribution in [3.05, 3.63) is 6.07 Å². The van der Waals surface area contributed by atoms with Crippen molar-refractivity contribution < 1.29 is 0 Å². The summed E-state index contributed by atoms with van der Waals surface area (Å²) in [5.41, 5.74) is 0. The van der Waals surface area contributed by atoms with E-state index in [1.807, 2.05) is 6.26 Å². The van der Waals surface area contributed by atoms with E-state index in [1.165, 1.54) is 25.7 Å². The Labute approximate surface area is 114 Å². The van der Waals surface area contributed by atoms with Crippen LogP contribution in [0.4, 0.5) is 11.6 Å². The van der Waals surface area contributed by atoms with E-state index in [1.54, 1.807) is 11.8 Å². The van der Waals surface area contributed by atoms with E-state index in [2.05, 4.69) is 33.2 Å². The molecule has 1 aliphatic rings. The molecule has 0 radical (unpaired) electrons. The molecule has 2 rings (SSSR count). The van der Waals surface area contributed by atoms with Crippen molar-refractivity contribution in [3.8, 4) is 0 Å². The second-order valence-corrected chi connectivity index (χ2v) is 5.30. The van der Waals surface area contributed by atoms with Gasteiger partial charge in [-0.25, -0.2) is 9.97 Å². The van der Waals surface area contributed by atoms with Crippen molar-refractivity contribution in [2.24, 2.45) is 0 Å². The predicted octanol–water partition coefficient (Wildman–Crippen LogP) is 3.01. The average molecular weight is 266 g/mol. The van der Waals surface area contributed by atoms with E-state index < -0.39 is 0 Å². The van der Waals surface area contributed by atoms with E-state index in [4.69, 9.17) is 0 Å². The van der Waals surface area contributed by atoms with Gasteiger partial charge < -0.3 is 10.2 Å². The molecular weight excluding hydrogens is 244 g/mol. The molecule has 0 amide bonds. The van der Waals surface area contributed by atoms with Crippen LogP contribution < -0.4 is 10.2 Å². The summed E-state index contributed by atoms with van der Waals surface area (Å²) < 4.78 is 0. The van der Waals surface area contributed by atoms with E-state index in [0.29, 0.717) is 0 Å². The SMILES string of the molecule is CCNc1cc(N2CCCCCC2)nc(SC)n1. The number of nitrogens with zero attached hydrogens (tertiary/aromatic N) is 3. The zero-order valence-corrected chi connectivity index (χ0v) is 12.1. The molecule has 18 heavy (non-hydrogen) atoms. The Hall–Kier alpha value is -0.970. The quantitative estimate of drug-likeness (QED) is 0.670. The van der Waals surface area contributed by atoms with Crippen molar-refractivity contribution in [1.82, 2.24) is 9.97 Å². The summed E-state index contributed by atoms with van der Waals surface area (Å²) in [6.07, 6.45) is 7.26. The molecule has 0 atom stereocenters. The number of rotatable bonds is 4. The Bertz CT molecular complexity index is 375. The van der Waals surface area contributed by atoms with Crippen LogP contribution in [-0.4, -0.2) is 35.9 Å². The molecule has 1 fully saturated rings. The molecule has 0 aromatic carbocycles. The maximum Gasteiger partial charge on any atom is 0.191 e. The third-order valence-electron chi connectivity index (χ3n) is 3.16. The van der Waals surface area contributed by atoms with Crippen LogP contribution in [-0.2, 0) is 0 Å². The smallest absolute Gasteiger partial charge is 0.191 e. The molecule has 0 bridgehead atoms. The minimum atomic E-state index is 0.854. The first-order chi connectivity index (χ1) is 8.83. The number of thioether (sulfide) groups is 1. The van der Waals surface area contributed by atoms with E-state index >= 15 is 0 Å². The number of nitrogens with one attached hydrogen (secondary N) is 1. The van der Waals surface area contributed by atoms with Gasteiger partial charge >= 0.3 is 0 Å². The van der Waals surface area contributed by atoms with E-state index in [9.17, 15) is 0 Å². The molecule has 0 unspecified atom stereocenters. The lowest BCUT2D eigenvalue weighted by Gasteiger charge is -2.22. The normalized spacial score (nSPS) is 16.4. The summed E-state index contributed by atoms with van der Waals surface area (Å²) in [7, 11) is 0. The van der Waals surface area contributed by atoms with Gasteiger partial charge in [-0.15, -0.1) is 0 Å². The highest BCUT2D eigenvalue weighted by Crippen LogP contribution is 2.22. The third-order valence-corrected chi connectivity index (χ3v) is 3.71. The van der Waals surface area contributed by atoms with Gasteiger partial charge in [-0.3, -0.25) is 0 Å². The standard InChI is InChI=1S/C13H22N4S/c1-3-14-11-10-12(16-13(15-11)18-2)17-8-6-4-5-7-9-17/h10H,3-9H2,1-2H3,(H,14,15,16). The first-order valence-electron chi connectivity index (χ1n) is 6.75. The van der Waals surface area contributed by atoms with Gasteiger partial charge in [0.15, 0.2) is 5.16 Å². The lowest BCUT2D eigenvalue weighted by atomic mass is 10.2. The fourth-order valence-electron chi connectivity index (χ4n) is 2.24. The van der Waals surface area contributed by atoms with Crippen LogP contribution >= 0.6 is 11.8 Å². The molecule has 4 nitrogen and oxygen atoms in total. The van der Waals surface area contributed by atoms with Gasteiger partial charge in [0, 0.05) is 25.7 Å². The van der Waals surface area contributed by atoms with Crippen LogP contribution in [0, 0.1) is 0 Å². The van der Waals surface area contributed by atoms with Crippen LogP contribution in [0.1, 0.15) is 32.6 Å². The molecule has 0 saturated carbocycles. The number of aromatic nitrogens is 2. The fraction of sp³-hybridized carbons (Fsp3) is 0.692. The fourth-order valence-corrected chi connectivity index (χ4v) is 2.61. The lowest BCUT2D eigenvalue weighted by Crippen LogP contribution is -2.25. The number of hydrogen-bond donors (Lipinski definition) is 1. The molecule has 1 aromatic heterocycles. The van der Waals surface area contributed by atoms with Gasteiger partial charge in [0.25, 0.3) is 0 Å². The monoisotopic (exact) mass is 266 g/mol. The Morgan fingerprint density at radius 2 is 1.94 bits per heavy atom. The molecule has 1 N–H and O–H groups in total. The first-order valence-corrected chi connectivity index (χ1v) is 7.98. The average Bonchev–Trinajstić information content (AvgIpc) is 2.67. The Balaban J connectivity index is 2.21. The van der Waals surface area contributed by atoms with Gasteiger partial charge in [0.2, 0.25) is 0 Å². The first kappa shape index (κ1) is 13.5. The largest absolute Gasteiger partial charge is 0.370 e. The molecule has 1 saturated heterocycles. The third kappa shape index (κ3) is 3.51. The second-order valence-electron chi connectivity index (χ2n) is 4.53. The molecule has 0 spiro atoms. The summed E-state index contributed by atoms with van der Waals surface area (Å²) in [6.45, 7) is 5.23. The number of anilines is 2. The highest BCUT2D eigenvalue weighted by Gasteiger charge is 2.13. The summed E-state index contributed by atoms with van der Waals surface area (Å²) in [5.74, 6) is 2.02. The molecule has 5 heteroatoms. The lowest BCUT2D eigenvalue weighted by molar-refractivity contribution is 0.726. The summed E-state index contributed by atoms with van der Waals surface area (Å²) in [5, 5.41) is 4.14. The Morgan fingerprint density at radius 3 is 2.56 bits per heavy atom. The molecule has 1 aliphatic heterocycles. The summed E-state index contributed by atoms with van der Waals surface area (Å²) >= 11 is 1.60. The van der Waals surface area contributed by atoms with Crippen LogP contribution in [0.25, 0.3) is 0 Å². The Morgan fingerprint density at radius 1 is 1.22 bits per heavy atom. The molecular formula is C13H22N4S. The summed E-state index contributed by atoms with van der Waals surface area (Å²) in [4.78, 5) is 11.5. The number of hydrogen-bond acceptors (Lipinski definition) is 5. The minimum absolute atomic E-state index is 0.854. The van der Waals surface area contributed by atoms with Gasteiger partial charge in [-0.2, -0.15) is 0 Å². The predicted molar refractivity (Wildman–Crippen MR) is 78.7 cm³/mol. The molecule has 2 heterocycles. The highest BCUT2D eigenvalue weighted by molar-refractivity contribution is 7.98. The van der Waals surface area contributed by atoms with Gasteiger partial charge in [0.05, 0.1) is 0 Å². The van der Waals surface area contributed by atoms with Crippen LogP contribution in [0.2, 0.25) is 0 Å². The van der Waals surface area contributed by atoms with Crippen molar-refractivity contribution in [2.75, 3.05) is 36.1 Å². The summed E-state index contributed by atoms with van der Waals surface area (Å²) in [6, 6.07) is 2.08. The highest BCUT2D eigenvalue weighted by atomic mass is 32.2. The van der Waals surface area contributed by atoms with Crippen molar-refractivity contribution in [1.29, 1.82) is 0 Å². The Kier molecular flexibility index (Phi) is 5.11. The van der Waals surface area contributed by atoms with Crippen LogP contribution in [0.3, 0.4) is 0 Å². The van der Waals surface area contributed by atoms with E-state index in [-0.39, 0.29) is 0 Å². The topological polar surface area (TPSA) is 41.0 Å². The molecule has 0 aliphatic carbocycles. The van der Waals surface area contributed by atoms with Gasteiger partial charge in [-0.1, -0.05) is 24.6 Å². The second kappa shape index (κ2) is 6.83. The van der Waals surface area contributed by atoms with Gasteiger partial charge in [-0.05, 0) is 26.0 Å². The molecule has 1 aromatic rings. The zero-order valence-electron chi connectivity index (χ0n) is 11.3. The molecule has 100 valence electrons. The maximum absolute atomic E-state index is 4.64. The zero-order chi connectivity index (χ0) is 12.8.